The van der Waals surface area contributed by atoms with Crippen LogP contribution in [0.15, 0.2) is 54.6 Å². The third-order valence-electron chi connectivity index (χ3n) is 4.17. The second-order valence-corrected chi connectivity index (χ2v) is 6.89. The van der Waals surface area contributed by atoms with Crippen molar-refractivity contribution >= 4 is 18.0 Å². The van der Waals surface area contributed by atoms with Crippen molar-refractivity contribution in [2.45, 2.75) is 39.3 Å². The van der Waals surface area contributed by atoms with Crippen LogP contribution in [0, 0.1) is 0 Å². The zero-order valence-corrected chi connectivity index (χ0v) is 17.9. The Morgan fingerprint density at radius 3 is 2.43 bits per heavy atom. The van der Waals surface area contributed by atoms with Gasteiger partial charge >= 0.3 is 5.97 Å². The van der Waals surface area contributed by atoms with Gasteiger partial charge in [-0.15, -0.1) is 0 Å². The zero-order chi connectivity index (χ0) is 21.9. The maximum atomic E-state index is 12.5. The average Bonchev–Trinajstić information content (AvgIpc) is 2.72. The van der Waals surface area contributed by atoms with Crippen molar-refractivity contribution in [1.29, 1.82) is 0 Å². The first-order chi connectivity index (χ1) is 14.4. The fourth-order valence-electron chi connectivity index (χ4n) is 2.87. The predicted molar refractivity (Wildman–Crippen MR) is 116 cm³/mol. The molecule has 160 valence electrons. The molecule has 0 bridgehead atoms. The van der Waals surface area contributed by atoms with Crippen LogP contribution in [0.4, 0.5) is 0 Å². The van der Waals surface area contributed by atoms with Crippen molar-refractivity contribution in [1.82, 2.24) is 5.32 Å². The molecule has 1 atom stereocenters. The molecule has 2 aromatic rings. The van der Waals surface area contributed by atoms with Gasteiger partial charge in [-0.25, -0.2) is 0 Å². The molecule has 0 aliphatic rings. The fraction of sp³-hybridized carbons (Fsp3) is 0.333. The number of ether oxygens (including phenoxy) is 3. The highest BCUT2D eigenvalue weighted by Crippen LogP contribution is 2.28. The third-order valence-corrected chi connectivity index (χ3v) is 4.17. The standard InChI is InChI=1S/C24H29NO5/c1-5-29-21-13-11-18(15-22(21)28-4)12-14-23(26)25-20(16-24(27)30-17(2)3)19-9-7-6-8-10-19/h6-15,17,20H,5,16H2,1-4H3,(H,25,26)/b14-12+. The molecular formula is C24H29NO5. The topological polar surface area (TPSA) is 73.9 Å². The van der Waals surface area contributed by atoms with Crippen LogP contribution in [0.1, 0.15) is 44.4 Å². The Balaban J connectivity index is 2.10. The van der Waals surface area contributed by atoms with Crippen molar-refractivity contribution < 1.29 is 23.8 Å². The Hall–Kier alpha value is -3.28. The first-order valence-corrected chi connectivity index (χ1v) is 9.96. The van der Waals surface area contributed by atoms with Crippen LogP contribution in [0.25, 0.3) is 6.08 Å². The molecule has 0 spiro atoms. The van der Waals surface area contributed by atoms with E-state index >= 15 is 0 Å². The van der Waals surface area contributed by atoms with E-state index in [2.05, 4.69) is 5.32 Å². The molecule has 0 aliphatic heterocycles. The van der Waals surface area contributed by atoms with Gasteiger partial charge in [0.15, 0.2) is 11.5 Å². The molecule has 2 aromatic carbocycles. The number of esters is 1. The van der Waals surface area contributed by atoms with E-state index in [-0.39, 0.29) is 24.4 Å². The lowest BCUT2D eigenvalue weighted by Gasteiger charge is -2.18. The minimum absolute atomic E-state index is 0.0542. The van der Waals surface area contributed by atoms with E-state index in [1.54, 1.807) is 39.2 Å². The third kappa shape index (κ3) is 7.28. The van der Waals surface area contributed by atoms with E-state index < -0.39 is 6.04 Å². The molecule has 6 heteroatoms. The molecule has 0 aromatic heterocycles. The van der Waals surface area contributed by atoms with Crippen LogP contribution in [-0.2, 0) is 14.3 Å². The molecule has 1 N–H and O–H groups in total. The number of amides is 1. The molecule has 0 fully saturated rings. The number of hydrogen-bond donors (Lipinski definition) is 1. The molecule has 0 saturated carbocycles. The molecule has 1 amide bonds. The summed E-state index contributed by atoms with van der Waals surface area (Å²) in [6, 6.07) is 14.3. The molecule has 0 radical (unpaired) electrons. The van der Waals surface area contributed by atoms with Gasteiger partial charge in [-0.05, 0) is 50.1 Å². The largest absolute Gasteiger partial charge is 0.493 e. The molecule has 6 nitrogen and oxygen atoms in total. The molecular weight excluding hydrogens is 382 g/mol. The van der Waals surface area contributed by atoms with Crippen molar-refractivity contribution in [3.63, 3.8) is 0 Å². The summed E-state index contributed by atoms with van der Waals surface area (Å²) < 4.78 is 16.1. The van der Waals surface area contributed by atoms with Gasteiger partial charge in [0.1, 0.15) is 0 Å². The van der Waals surface area contributed by atoms with E-state index in [0.29, 0.717) is 18.1 Å². The Kier molecular flexibility index (Phi) is 8.94. The van der Waals surface area contributed by atoms with Gasteiger partial charge in [0.25, 0.3) is 0 Å². The summed E-state index contributed by atoms with van der Waals surface area (Å²) in [7, 11) is 1.57. The van der Waals surface area contributed by atoms with Crippen LogP contribution in [-0.4, -0.2) is 31.7 Å². The maximum Gasteiger partial charge on any atom is 0.308 e. The summed E-state index contributed by atoms with van der Waals surface area (Å²) in [6.07, 6.45) is 2.96. The number of methoxy groups -OCH3 is 1. The number of rotatable bonds is 10. The molecule has 1 unspecified atom stereocenters. The Morgan fingerprint density at radius 1 is 1.07 bits per heavy atom. The lowest BCUT2D eigenvalue weighted by molar-refractivity contribution is -0.148. The smallest absolute Gasteiger partial charge is 0.308 e. The van der Waals surface area contributed by atoms with Gasteiger partial charge < -0.3 is 19.5 Å². The average molecular weight is 411 g/mol. The van der Waals surface area contributed by atoms with Crippen molar-refractivity contribution in [2.75, 3.05) is 13.7 Å². The summed E-state index contributed by atoms with van der Waals surface area (Å²) >= 11 is 0. The summed E-state index contributed by atoms with van der Waals surface area (Å²) in [4.78, 5) is 24.7. The maximum absolute atomic E-state index is 12.5. The fourth-order valence-corrected chi connectivity index (χ4v) is 2.87. The van der Waals surface area contributed by atoms with E-state index in [9.17, 15) is 9.59 Å². The Bertz CT molecular complexity index is 861. The molecule has 30 heavy (non-hydrogen) atoms. The number of hydrogen-bond acceptors (Lipinski definition) is 5. The Labute approximate surface area is 177 Å². The second kappa shape index (κ2) is 11.7. The summed E-state index contributed by atoms with van der Waals surface area (Å²) in [5, 5.41) is 2.89. The van der Waals surface area contributed by atoms with Crippen LogP contribution < -0.4 is 14.8 Å². The van der Waals surface area contributed by atoms with Gasteiger partial charge in [0, 0.05) is 6.08 Å². The highest BCUT2D eigenvalue weighted by molar-refractivity contribution is 5.92. The normalized spacial score (nSPS) is 11.9. The number of carbonyl (C=O) groups excluding carboxylic acids is 2. The zero-order valence-electron chi connectivity index (χ0n) is 17.9. The van der Waals surface area contributed by atoms with E-state index in [4.69, 9.17) is 14.2 Å². The highest BCUT2D eigenvalue weighted by Gasteiger charge is 2.19. The van der Waals surface area contributed by atoms with Gasteiger partial charge in [0.2, 0.25) is 5.91 Å². The second-order valence-electron chi connectivity index (χ2n) is 6.89. The van der Waals surface area contributed by atoms with Crippen LogP contribution in [0.5, 0.6) is 11.5 Å². The lowest BCUT2D eigenvalue weighted by atomic mass is 10.0. The molecule has 0 saturated heterocycles. The van der Waals surface area contributed by atoms with Crippen LogP contribution in [0.2, 0.25) is 0 Å². The first kappa shape index (κ1) is 23.0. The van der Waals surface area contributed by atoms with Crippen LogP contribution in [0.3, 0.4) is 0 Å². The summed E-state index contributed by atoms with van der Waals surface area (Å²) in [5.41, 5.74) is 1.63. The molecule has 0 heterocycles. The quantitative estimate of drug-likeness (QED) is 0.466. The first-order valence-electron chi connectivity index (χ1n) is 9.96. The molecule has 2 rings (SSSR count). The van der Waals surface area contributed by atoms with Gasteiger partial charge in [-0.2, -0.15) is 0 Å². The van der Waals surface area contributed by atoms with Crippen molar-refractivity contribution in [2.24, 2.45) is 0 Å². The summed E-state index contributed by atoms with van der Waals surface area (Å²) in [6.45, 7) is 6.02. The minimum Gasteiger partial charge on any atom is -0.493 e. The van der Waals surface area contributed by atoms with E-state index in [1.807, 2.05) is 43.3 Å². The predicted octanol–water partition coefficient (Wildman–Crippen LogP) is 4.31. The SMILES string of the molecule is CCOc1ccc(/C=C/C(=O)NC(CC(=O)OC(C)C)c2ccccc2)cc1OC. The highest BCUT2D eigenvalue weighted by atomic mass is 16.5. The monoisotopic (exact) mass is 411 g/mol. The number of carbonyl (C=O) groups is 2. The number of nitrogens with one attached hydrogen (secondary N) is 1. The van der Waals surface area contributed by atoms with Crippen LogP contribution >= 0.6 is 0 Å². The number of benzene rings is 2. The minimum atomic E-state index is -0.482. The van der Waals surface area contributed by atoms with E-state index in [1.165, 1.54) is 6.08 Å². The molecule has 0 aliphatic carbocycles. The van der Waals surface area contributed by atoms with Crippen molar-refractivity contribution in [3.05, 3.63) is 65.7 Å². The Morgan fingerprint density at radius 2 is 1.80 bits per heavy atom. The van der Waals surface area contributed by atoms with E-state index in [0.717, 1.165) is 11.1 Å². The van der Waals surface area contributed by atoms with Gasteiger partial charge in [0.05, 0.1) is 32.3 Å². The van der Waals surface area contributed by atoms with Gasteiger partial charge in [-0.1, -0.05) is 36.4 Å². The lowest BCUT2D eigenvalue weighted by Crippen LogP contribution is -2.29. The van der Waals surface area contributed by atoms with Gasteiger partial charge in [-0.3, -0.25) is 9.59 Å². The summed E-state index contributed by atoms with van der Waals surface area (Å²) in [5.74, 6) is 0.570. The van der Waals surface area contributed by atoms with Crippen molar-refractivity contribution in [3.8, 4) is 11.5 Å².